The van der Waals surface area contributed by atoms with Crippen molar-refractivity contribution >= 4 is 79.2 Å². The second-order valence-corrected chi connectivity index (χ2v) is 12.1. The van der Waals surface area contributed by atoms with Gasteiger partial charge in [0.1, 0.15) is 23.0 Å². The van der Waals surface area contributed by atoms with E-state index < -0.39 is 59.1 Å². The number of carbonyl (C=O) groups excluding carboxylic acids is 7. The van der Waals surface area contributed by atoms with Crippen molar-refractivity contribution in [1.29, 1.82) is 0 Å². The van der Waals surface area contributed by atoms with Crippen molar-refractivity contribution in [3.63, 3.8) is 0 Å². The van der Waals surface area contributed by atoms with Crippen LogP contribution in [-0.2, 0) is 38.2 Å². The fourth-order valence-electron chi connectivity index (χ4n) is 2.50. The molecule has 0 saturated heterocycles. The molecule has 2 amide bonds. The Morgan fingerprint density at radius 3 is 1.30 bits per heavy atom. The van der Waals surface area contributed by atoms with E-state index in [2.05, 4.69) is 48.5 Å². The highest BCUT2D eigenvalue weighted by molar-refractivity contribution is 7.80. The number of thiol groups is 3. The molecular formula is C30H61N3O10S3. The van der Waals surface area contributed by atoms with Gasteiger partial charge in [0.2, 0.25) is 6.10 Å². The number of amides is 2. The van der Waals surface area contributed by atoms with Crippen LogP contribution >= 0.6 is 37.9 Å². The van der Waals surface area contributed by atoms with Gasteiger partial charge in [-0.3, -0.25) is 19.2 Å². The quantitative estimate of drug-likeness (QED) is 0.0854. The third-order valence-corrected chi connectivity index (χ3v) is 5.80. The van der Waals surface area contributed by atoms with Gasteiger partial charge in [0.15, 0.2) is 17.3 Å². The summed E-state index contributed by atoms with van der Waals surface area (Å²) in [6, 6.07) is -2.04. The van der Waals surface area contributed by atoms with Crippen molar-refractivity contribution in [2.24, 2.45) is 5.73 Å². The highest BCUT2D eigenvalue weighted by atomic mass is 32.1. The van der Waals surface area contributed by atoms with Gasteiger partial charge in [-0.2, -0.15) is 37.9 Å². The third-order valence-electron chi connectivity index (χ3n) is 4.68. The fourth-order valence-corrected chi connectivity index (χ4v) is 3.35. The molecule has 1 fully saturated rings. The van der Waals surface area contributed by atoms with Crippen molar-refractivity contribution < 1.29 is 47.8 Å². The van der Waals surface area contributed by atoms with Crippen LogP contribution < -0.4 is 16.4 Å². The number of ketones is 4. The summed E-state index contributed by atoms with van der Waals surface area (Å²) < 4.78 is 14.9. The minimum Gasteiger partial charge on any atom is -0.445 e. The number of alkyl carbamates (subject to hydrolysis) is 2. The number of nitrogens with two attached hydrogens (primary N) is 1. The molecule has 4 N–H and O–H groups in total. The van der Waals surface area contributed by atoms with Crippen LogP contribution in [0.1, 0.15) is 97.9 Å². The molecule has 274 valence electrons. The molecule has 0 aromatic rings. The van der Waals surface area contributed by atoms with Gasteiger partial charge in [0.05, 0.1) is 12.1 Å². The summed E-state index contributed by atoms with van der Waals surface area (Å²) in [5, 5.41) is 4.73. The Hall–Kier alpha value is -2.30. The summed E-state index contributed by atoms with van der Waals surface area (Å²) in [5.74, 6) is -1.21. The van der Waals surface area contributed by atoms with E-state index >= 15 is 0 Å². The summed E-state index contributed by atoms with van der Waals surface area (Å²) >= 11 is 11.7. The van der Waals surface area contributed by atoms with Gasteiger partial charge in [-0.15, -0.1) is 0 Å². The monoisotopic (exact) mass is 719 g/mol. The van der Waals surface area contributed by atoms with Gasteiger partial charge in [0, 0.05) is 30.1 Å². The van der Waals surface area contributed by atoms with Gasteiger partial charge in [-0.1, -0.05) is 29.7 Å². The topological polar surface area (TPSA) is 197 Å². The summed E-state index contributed by atoms with van der Waals surface area (Å²) in [5.41, 5.74) is 3.92. The molecule has 1 aliphatic rings. The number of hydrogen-bond donors (Lipinski definition) is 6. The molecule has 0 radical (unpaired) electrons. The Morgan fingerprint density at radius 2 is 1.07 bits per heavy atom. The second-order valence-electron chi connectivity index (χ2n) is 11.0. The lowest BCUT2D eigenvalue weighted by Crippen LogP contribution is -2.47. The molecule has 0 aliphatic heterocycles. The number of hydrogen-bond acceptors (Lipinski definition) is 14. The Kier molecular flexibility index (Phi) is 32.6. The Balaban J connectivity index is -0.000000140. The lowest BCUT2D eigenvalue weighted by molar-refractivity contribution is -0.158. The van der Waals surface area contributed by atoms with E-state index in [0.29, 0.717) is 5.75 Å². The Labute approximate surface area is 293 Å². The molecule has 0 spiro atoms. The average Bonchev–Trinajstić information content (AvgIpc) is 3.15. The number of esters is 1. The van der Waals surface area contributed by atoms with Crippen LogP contribution in [0.5, 0.6) is 0 Å². The van der Waals surface area contributed by atoms with E-state index in [1.807, 2.05) is 0 Å². The lowest BCUT2D eigenvalue weighted by Gasteiger charge is -2.22. The summed E-state index contributed by atoms with van der Waals surface area (Å²) in [4.78, 5) is 78.7. The Morgan fingerprint density at radius 1 is 0.717 bits per heavy atom. The number of rotatable bonds is 9. The number of ether oxygens (including phenoxy) is 3. The predicted molar refractivity (Wildman–Crippen MR) is 193 cm³/mol. The molecule has 13 nitrogen and oxygen atoms in total. The van der Waals surface area contributed by atoms with Crippen molar-refractivity contribution in [1.82, 2.24) is 10.6 Å². The van der Waals surface area contributed by atoms with Crippen LogP contribution in [0.25, 0.3) is 0 Å². The first-order chi connectivity index (χ1) is 19.1. The van der Waals surface area contributed by atoms with Crippen LogP contribution in [0.3, 0.4) is 0 Å². The molecule has 0 heterocycles. The minimum absolute atomic E-state index is 0. The standard InChI is InChI=1S/C13H19NO6S.C9H17NO3S.C4H9NOS.4CH4/c1-13(2,3)20-12(18)14-7(6-21)11(17)19-10-8(15)4-5-9(10)16;1-6(11)7(5-14)10-8(12)13-9(2,3)4;1-3(6)4(5)2-7;;;;/h7,10,21H,4-6H2,1-3H3,(H,14,18);7,14H,5H2,1-4H3,(H,10,12);4,7H,2,5H2,1H3;4*1H4. The highest BCUT2D eigenvalue weighted by Gasteiger charge is 2.38. The summed E-state index contributed by atoms with van der Waals surface area (Å²) in [7, 11) is 0. The molecule has 0 aromatic carbocycles. The highest BCUT2D eigenvalue weighted by Crippen LogP contribution is 2.15. The summed E-state index contributed by atoms with van der Waals surface area (Å²) in [6.07, 6.45) is -2.61. The van der Waals surface area contributed by atoms with E-state index in [9.17, 15) is 33.6 Å². The first-order valence-corrected chi connectivity index (χ1v) is 14.8. The zero-order chi connectivity index (χ0) is 33.4. The van der Waals surface area contributed by atoms with E-state index in [1.165, 1.54) is 13.8 Å². The van der Waals surface area contributed by atoms with Crippen molar-refractivity contribution in [2.75, 3.05) is 17.3 Å². The van der Waals surface area contributed by atoms with Crippen LogP contribution in [-0.4, -0.2) is 94.0 Å². The van der Waals surface area contributed by atoms with Crippen LogP contribution in [0, 0.1) is 0 Å². The predicted octanol–water partition coefficient (Wildman–Crippen LogP) is 4.43. The zero-order valence-electron chi connectivity index (χ0n) is 25.3. The van der Waals surface area contributed by atoms with Gasteiger partial charge >= 0.3 is 18.2 Å². The van der Waals surface area contributed by atoms with Crippen molar-refractivity contribution in [3.8, 4) is 0 Å². The van der Waals surface area contributed by atoms with Crippen LogP contribution in [0.15, 0.2) is 0 Å². The Bertz CT molecular complexity index is 951. The van der Waals surface area contributed by atoms with Gasteiger partial charge in [0.25, 0.3) is 0 Å². The first-order valence-electron chi connectivity index (χ1n) is 12.9. The molecule has 1 rings (SSSR count). The third kappa shape index (κ3) is 26.9. The maximum Gasteiger partial charge on any atom is 0.408 e. The van der Waals surface area contributed by atoms with E-state index in [-0.39, 0.29) is 71.7 Å². The molecule has 3 atom stereocenters. The molecule has 46 heavy (non-hydrogen) atoms. The average molecular weight is 720 g/mol. The summed E-state index contributed by atoms with van der Waals surface area (Å²) in [6.45, 7) is 13.2. The van der Waals surface area contributed by atoms with Crippen LogP contribution in [0.4, 0.5) is 9.59 Å². The molecule has 1 aliphatic carbocycles. The molecule has 16 heteroatoms. The zero-order valence-corrected chi connectivity index (χ0v) is 28.0. The van der Waals surface area contributed by atoms with Crippen molar-refractivity contribution in [3.05, 3.63) is 0 Å². The fraction of sp³-hybridized carbons (Fsp3) is 0.767. The van der Waals surface area contributed by atoms with E-state index in [0.717, 1.165) is 0 Å². The van der Waals surface area contributed by atoms with Crippen LogP contribution in [0.2, 0.25) is 0 Å². The minimum atomic E-state index is -1.36. The molecular weight excluding hydrogens is 659 g/mol. The van der Waals surface area contributed by atoms with Crippen molar-refractivity contribution in [2.45, 2.75) is 133 Å². The van der Waals surface area contributed by atoms with E-state index in [4.69, 9.17) is 19.9 Å². The lowest BCUT2D eigenvalue weighted by atomic mass is 10.2. The number of Topliss-reactive ketones (excluding diaryl/α,β-unsaturated/α-hetero) is 4. The largest absolute Gasteiger partial charge is 0.445 e. The maximum atomic E-state index is 11.9. The maximum absolute atomic E-state index is 11.9. The molecule has 0 aromatic heterocycles. The SMILES string of the molecule is C.C.C.C.CC(=O)C(CS)NC(=O)OC(C)(C)C.CC(=O)C(N)CS.CC(C)(C)OC(=O)NC(CS)C(=O)OC1C(=O)CCC1=O. The first kappa shape index (κ1) is 56.1. The van der Waals surface area contributed by atoms with E-state index in [1.54, 1.807) is 41.5 Å². The molecule has 0 bridgehead atoms. The number of nitrogens with one attached hydrogen (secondary N) is 2. The molecule has 1 saturated carbocycles. The number of carbonyl (C=O) groups is 7. The van der Waals surface area contributed by atoms with Gasteiger partial charge in [-0.05, 0) is 55.4 Å². The van der Waals surface area contributed by atoms with Gasteiger partial charge in [-0.25, -0.2) is 14.4 Å². The van der Waals surface area contributed by atoms with Gasteiger partial charge < -0.3 is 30.6 Å². The molecule has 3 unspecified atom stereocenters. The smallest absolute Gasteiger partial charge is 0.408 e. The second kappa shape index (κ2) is 26.7. The normalized spacial score (nSPS) is 14.1.